The largest absolute Gasteiger partial charge is 0.497 e. The van der Waals surface area contributed by atoms with Crippen LogP contribution in [0.3, 0.4) is 0 Å². The number of hydrogen-bond acceptors (Lipinski definition) is 4. The van der Waals surface area contributed by atoms with E-state index in [1.165, 1.54) is 0 Å². The maximum Gasteiger partial charge on any atom is 0.255 e. The van der Waals surface area contributed by atoms with Gasteiger partial charge in [-0.15, -0.1) is 0 Å². The highest BCUT2D eigenvalue weighted by molar-refractivity contribution is 5.96. The Labute approximate surface area is 165 Å². The number of methoxy groups -OCH3 is 1. The molecule has 0 spiro atoms. The molecule has 1 aromatic carbocycles. The molecule has 0 saturated carbocycles. The Balaban J connectivity index is 1.91. The quantitative estimate of drug-likeness (QED) is 0.680. The van der Waals surface area contributed by atoms with Crippen LogP contribution in [0.5, 0.6) is 5.75 Å². The van der Waals surface area contributed by atoms with Gasteiger partial charge in [0.05, 0.1) is 42.0 Å². The van der Waals surface area contributed by atoms with E-state index < -0.39 is 0 Å². The van der Waals surface area contributed by atoms with Crippen LogP contribution in [0.2, 0.25) is 0 Å². The molecule has 2 heterocycles. The Morgan fingerprint density at radius 1 is 1.18 bits per heavy atom. The van der Waals surface area contributed by atoms with E-state index in [2.05, 4.69) is 24.1 Å². The van der Waals surface area contributed by atoms with Gasteiger partial charge in [0.2, 0.25) is 0 Å². The summed E-state index contributed by atoms with van der Waals surface area (Å²) in [5, 5.41) is 7.73. The molecular weight excluding hydrogens is 352 g/mol. The van der Waals surface area contributed by atoms with Gasteiger partial charge in [-0.3, -0.25) is 9.78 Å². The van der Waals surface area contributed by atoms with Gasteiger partial charge in [-0.05, 0) is 55.7 Å². The lowest BCUT2D eigenvalue weighted by atomic mass is 10.0. The summed E-state index contributed by atoms with van der Waals surface area (Å²) in [7, 11) is 1.64. The van der Waals surface area contributed by atoms with Crippen molar-refractivity contribution in [1.82, 2.24) is 20.1 Å². The fraction of sp³-hybridized carbons (Fsp3) is 0.318. The van der Waals surface area contributed by atoms with Gasteiger partial charge < -0.3 is 10.1 Å². The molecule has 0 atom stereocenters. The van der Waals surface area contributed by atoms with Gasteiger partial charge in [0.15, 0.2) is 0 Å². The van der Waals surface area contributed by atoms with Gasteiger partial charge in [0.25, 0.3) is 5.91 Å². The molecule has 0 fully saturated rings. The summed E-state index contributed by atoms with van der Waals surface area (Å²) in [4.78, 5) is 17.2. The number of amides is 1. The fourth-order valence-electron chi connectivity index (χ4n) is 3.12. The Bertz CT molecular complexity index is 931. The minimum Gasteiger partial charge on any atom is -0.497 e. The minimum absolute atomic E-state index is 0.126. The number of ether oxygens (including phenoxy) is 1. The van der Waals surface area contributed by atoms with E-state index in [0.717, 1.165) is 34.9 Å². The second-order valence-electron chi connectivity index (χ2n) is 7.12. The molecule has 146 valence electrons. The molecule has 0 bridgehead atoms. The van der Waals surface area contributed by atoms with E-state index in [9.17, 15) is 4.79 Å². The number of carbonyl (C=O) groups excluding carboxylic acids is 1. The van der Waals surface area contributed by atoms with Crippen LogP contribution >= 0.6 is 0 Å². The highest BCUT2D eigenvalue weighted by Crippen LogP contribution is 2.22. The van der Waals surface area contributed by atoms with Crippen molar-refractivity contribution in [2.75, 3.05) is 7.11 Å². The monoisotopic (exact) mass is 378 g/mol. The summed E-state index contributed by atoms with van der Waals surface area (Å²) in [6, 6.07) is 13.3. The number of carbonyl (C=O) groups is 1. The van der Waals surface area contributed by atoms with Crippen molar-refractivity contribution in [2.45, 2.75) is 33.7 Å². The van der Waals surface area contributed by atoms with Crippen LogP contribution in [0.15, 0.2) is 48.7 Å². The number of aromatic nitrogens is 3. The van der Waals surface area contributed by atoms with Crippen molar-refractivity contribution in [3.05, 3.63) is 71.3 Å². The van der Waals surface area contributed by atoms with Gasteiger partial charge in [-0.1, -0.05) is 19.9 Å². The maximum absolute atomic E-state index is 13.0. The lowest BCUT2D eigenvalue weighted by Crippen LogP contribution is -2.25. The second kappa shape index (κ2) is 8.69. The number of nitrogens with one attached hydrogen (secondary N) is 1. The van der Waals surface area contributed by atoms with Crippen LogP contribution in [0, 0.1) is 12.8 Å². The molecule has 28 heavy (non-hydrogen) atoms. The van der Waals surface area contributed by atoms with Gasteiger partial charge in [-0.2, -0.15) is 5.10 Å². The van der Waals surface area contributed by atoms with E-state index in [0.29, 0.717) is 18.0 Å². The third-order valence-electron chi connectivity index (χ3n) is 4.49. The number of hydrogen-bond donors (Lipinski definition) is 1. The molecule has 0 unspecified atom stereocenters. The highest BCUT2D eigenvalue weighted by Gasteiger charge is 2.22. The molecule has 1 N–H and O–H groups in total. The van der Waals surface area contributed by atoms with Gasteiger partial charge >= 0.3 is 0 Å². The van der Waals surface area contributed by atoms with E-state index in [1.807, 2.05) is 54.1 Å². The lowest BCUT2D eigenvalue weighted by Gasteiger charge is -2.08. The molecule has 3 rings (SSSR count). The smallest absolute Gasteiger partial charge is 0.255 e. The molecule has 0 aliphatic heterocycles. The lowest BCUT2D eigenvalue weighted by molar-refractivity contribution is 0.0948. The molecule has 2 aromatic heterocycles. The number of rotatable bonds is 7. The zero-order chi connectivity index (χ0) is 20.1. The zero-order valence-electron chi connectivity index (χ0n) is 16.8. The Morgan fingerprint density at radius 2 is 1.93 bits per heavy atom. The highest BCUT2D eigenvalue weighted by atomic mass is 16.5. The first kappa shape index (κ1) is 19.6. The Hall–Kier alpha value is -3.15. The summed E-state index contributed by atoms with van der Waals surface area (Å²) in [5.41, 5.74) is 3.98. The van der Waals surface area contributed by atoms with E-state index in [1.54, 1.807) is 13.3 Å². The summed E-state index contributed by atoms with van der Waals surface area (Å²) >= 11 is 0. The van der Waals surface area contributed by atoms with Crippen LogP contribution in [-0.2, 0) is 13.0 Å². The average Bonchev–Trinajstić information content (AvgIpc) is 3.02. The first-order valence-corrected chi connectivity index (χ1v) is 9.40. The molecule has 0 aliphatic carbocycles. The van der Waals surface area contributed by atoms with E-state index >= 15 is 0 Å². The Kier molecular flexibility index (Phi) is 6.09. The average molecular weight is 378 g/mol. The first-order valence-electron chi connectivity index (χ1n) is 9.40. The first-order chi connectivity index (χ1) is 13.5. The predicted octanol–water partition coefficient (Wildman–Crippen LogP) is 3.71. The molecular formula is C22H26N4O2. The van der Waals surface area contributed by atoms with Gasteiger partial charge in [-0.25, -0.2) is 4.68 Å². The summed E-state index contributed by atoms with van der Waals surface area (Å²) in [6.45, 7) is 6.55. The van der Waals surface area contributed by atoms with Crippen molar-refractivity contribution in [1.29, 1.82) is 0 Å². The third kappa shape index (κ3) is 4.39. The predicted molar refractivity (Wildman–Crippen MR) is 109 cm³/mol. The molecule has 0 saturated heterocycles. The molecule has 0 aliphatic rings. The minimum atomic E-state index is -0.126. The summed E-state index contributed by atoms with van der Waals surface area (Å²) < 4.78 is 7.06. The normalized spacial score (nSPS) is 10.9. The zero-order valence-corrected chi connectivity index (χ0v) is 16.8. The topological polar surface area (TPSA) is 69.0 Å². The van der Waals surface area contributed by atoms with Crippen molar-refractivity contribution in [3.8, 4) is 11.4 Å². The molecule has 0 radical (unpaired) electrons. The maximum atomic E-state index is 13.0. The van der Waals surface area contributed by atoms with E-state index in [-0.39, 0.29) is 5.91 Å². The van der Waals surface area contributed by atoms with Crippen LogP contribution < -0.4 is 10.1 Å². The molecule has 6 heteroatoms. The van der Waals surface area contributed by atoms with Crippen molar-refractivity contribution >= 4 is 5.91 Å². The standard InChI is InChI=1S/C22H26N4O2/c1-15(2)13-20-21(22(27)24-14-17-7-5-6-12-23-17)16(3)26(25-20)18-8-10-19(28-4)11-9-18/h5-12,15H,13-14H2,1-4H3,(H,24,27). The van der Waals surface area contributed by atoms with Crippen LogP contribution in [0.25, 0.3) is 5.69 Å². The van der Waals surface area contributed by atoms with Crippen LogP contribution in [0.1, 0.15) is 41.3 Å². The number of pyridine rings is 1. The molecule has 1 amide bonds. The summed E-state index contributed by atoms with van der Waals surface area (Å²) in [5.74, 6) is 1.05. The van der Waals surface area contributed by atoms with Crippen molar-refractivity contribution in [3.63, 3.8) is 0 Å². The van der Waals surface area contributed by atoms with Gasteiger partial charge in [0.1, 0.15) is 5.75 Å². The van der Waals surface area contributed by atoms with Gasteiger partial charge in [0, 0.05) is 6.20 Å². The van der Waals surface area contributed by atoms with Crippen molar-refractivity contribution in [2.24, 2.45) is 5.92 Å². The number of nitrogens with zero attached hydrogens (tertiary/aromatic N) is 3. The third-order valence-corrected chi connectivity index (χ3v) is 4.49. The van der Waals surface area contributed by atoms with Crippen molar-refractivity contribution < 1.29 is 9.53 Å². The second-order valence-corrected chi connectivity index (χ2v) is 7.12. The van der Waals surface area contributed by atoms with Crippen LogP contribution in [-0.4, -0.2) is 27.8 Å². The van der Waals surface area contributed by atoms with Crippen LogP contribution in [0.4, 0.5) is 0 Å². The van der Waals surface area contributed by atoms with E-state index in [4.69, 9.17) is 9.84 Å². The molecule has 6 nitrogen and oxygen atoms in total. The SMILES string of the molecule is COc1ccc(-n2nc(CC(C)C)c(C(=O)NCc3ccccn3)c2C)cc1. The number of benzene rings is 1. The fourth-order valence-corrected chi connectivity index (χ4v) is 3.12. The summed E-state index contributed by atoms with van der Waals surface area (Å²) in [6.07, 6.45) is 2.45. The Morgan fingerprint density at radius 3 is 2.54 bits per heavy atom. The molecule has 3 aromatic rings.